The van der Waals surface area contributed by atoms with Crippen LogP contribution >= 0.6 is 0 Å². The molecule has 0 atom stereocenters. The summed E-state index contributed by atoms with van der Waals surface area (Å²) in [7, 11) is 0. The van der Waals surface area contributed by atoms with Crippen LogP contribution in [-0.4, -0.2) is 0 Å². The van der Waals surface area contributed by atoms with Gasteiger partial charge in [-0.3, -0.25) is 0 Å². The lowest BCUT2D eigenvalue weighted by molar-refractivity contribution is 0.669. The van der Waals surface area contributed by atoms with Crippen molar-refractivity contribution < 1.29 is 4.42 Å². The minimum atomic E-state index is 0.927. The van der Waals surface area contributed by atoms with Gasteiger partial charge in [0, 0.05) is 10.8 Å². The molecule has 0 N–H and O–H groups in total. The van der Waals surface area contributed by atoms with Crippen LogP contribution in [0.15, 0.2) is 138 Å². The number of benzene rings is 7. The maximum atomic E-state index is 6.03. The van der Waals surface area contributed by atoms with Gasteiger partial charge in [0.25, 0.3) is 0 Å². The molecule has 0 aliphatic carbocycles. The van der Waals surface area contributed by atoms with E-state index in [1.54, 1.807) is 0 Å². The molecule has 37 heavy (non-hydrogen) atoms. The summed E-state index contributed by atoms with van der Waals surface area (Å²) in [4.78, 5) is 0. The Labute approximate surface area is 214 Å². The molecule has 0 spiro atoms. The summed E-state index contributed by atoms with van der Waals surface area (Å²) >= 11 is 0. The molecule has 0 aliphatic rings. The maximum absolute atomic E-state index is 6.03. The van der Waals surface area contributed by atoms with Crippen LogP contribution in [0, 0.1) is 0 Å². The van der Waals surface area contributed by atoms with Gasteiger partial charge in [-0.15, -0.1) is 0 Å². The van der Waals surface area contributed by atoms with E-state index in [0.29, 0.717) is 0 Å². The fourth-order valence-corrected chi connectivity index (χ4v) is 5.94. The zero-order valence-electron chi connectivity index (χ0n) is 20.1. The molecule has 0 amide bonds. The normalized spacial score (nSPS) is 11.8. The summed E-state index contributed by atoms with van der Waals surface area (Å²) in [6, 6.07) is 47.9. The van der Waals surface area contributed by atoms with Gasteiger partial charge in [0.2, 0.25) is 0 Å². The average Bonchev–Trinajstić information content (AvgIpc) is 3.35. The molecule has 0 unspecified atom stereocenters. The number of para-hydroxylation sites is 1. The van der Waals surface area contributed by atoms with Gasteiger partial charge in [0.15, 0.2) is 0 Å². The molecule has 0 bridgehead atoms. The Morgan fingerprint density at radius 3 is 1.57 bits per heavy atom. The van der Waals surface area contributed by atoms with Crippen LogP contribution in [0.1, 0.15) is 0 Å². The molecule has 0 radical (unpaired) electrons. The lowest BCUT2D eigenvalue weighted by atomic mass is 9.89. The van der Waals surface area contributed by atoms with Crippen LogP contribution in [0.2, 0.25) is 0 Å². The van der Waals surface area contributed by atoms with E-state index < -0.39 is 0 Å². The third kappa shape index (κ3) is 3.04. The van der Waals surface area contributed by atoms with Crippen molar-refractivity contribution in [3.8, 4) is 22.3 Å². The highest BCUT2D eigenvalue weighted by atomic mass is 16.3. The molecule has 172 valence electrons. The van der Waals surface area contributed by atoms with E-state index in [9.17, 15) is 0 Å². The van der Waals surface area contributed by atoms with Crippen LogP contribution in [0.25, 0.3) is 76.5 Å². The van der Waals surface area contributed by atoms with Crippen LogP contribution in [-0.2, 0) is 0 Å². The van der Waals surface area contributed by atoms with E-state index in [2.05, 4.69) is 121 Å². The molecular formula is C36H22O. The van der Waals surface area contributed by atoms with Crippen molar-refractivity contribution in [3.63, 3.8) is 0 Å². The van der Waals surface area contributed by atoms with E-state index in [1.807, 2.05) is 12.1 Å². The Morgan fingerprint density at radius 1 is 0.324 bits per heavy atom. The first-order valence-electron chi connectivity index (χ1n) is 12.7. The van der Waals surface area contributed by atoms with Gasteiger partial charge >= 0.3 is 0 Å². The van der Waals surface area contributed by atoms with E-state index in [-0.39, 0.29) is 0 Å². The molecular weight excluding hydrogens is 448 g/mol. The minimum Gasteiger partial charge on any atom is -0.456 e. The van der Waals surface area contributed by atoms with Crippen LogP contribution in [0.3, 0.4) is 0 Å². The van der Waals surface area contributed by atoms with Crippen LogP contribution in [0.4, 0.5) is 0 Å². The van der Waals surface area contributed by atoms with Crippen LogP contribution in [0.5, 0.6) is 0 Å². The van der Waals surface area contributed by atoms with Gasteiger partial charge < -0.3 is 4.42 Å². The monoisotopic (exact) mass is 470 g/mol. The Hall–Kier alpha value is -4.88. The van der Waals surface area contributed by atoms with Crippen molar-refractivity contribution in [2.45, 2.75) is 0 Å². The topological polar surface area (TPSA) is 13.1 Å². The molecule has 0 aliphatic heterocycles. The molecule has 1 heteroatoms. The van der Waals surface area contributed by atoms with Gasteiger partial charge in [0.1, 0.15) is 11.2 Å². The second-order valence-corrected chi connectivity index (χ2v) is 9.71. The summed E-state index contributed by atoms with van der Waals surface area (Å²) < 4.78 is 6.03. The second-order valence-electron chi connectivity index (χ2n) is 9.71. The Kier molecular flexibility index (Phi) is 4.29. The lowest BCUT2D eigenvalue weighted by Gasteiger charge is -2.14. The Bertz CT molecular complexity index is 2080. The molecule has 0 saturated heterocycles. The van der Waals surface area contributed by atoms with Crippen molar-refractivity contribution >= 4 is 54.3 Å². The summed E-state index contributed by atoms with van der Waals surface area (Å²) in [5, 5.41) is 10.1. The number of hydrogen-bond donors (Lipinski definition) is 0. The van der Waals surface area contributed by atoms with Gasteiger partial charge in [0.05, 0.1) is 0 Å². The number of fused-ring (bicyclic) bond motifs is 9. The molecule has 1 nitrogen and oxygen atoms in total. The zero-order valence-corrected chi connectivity index (χ0v) is 20.1. The first-order valence-corrected chi connectivity index (χ1v) is 12.7. The van der Waals surface area contributed by atoms with Gasteiger partial charge in [-0.1, -0.05) is 115 Å². The third-order valence-electron chi connectivity index (χ3n) is 7.67. The molecule has 1 aromatic heterocycles. The van der Waals surface area contributed by atoms with Crippen LogP contribution < -0.4 is 0 Å². The van der Waals surface area contributed by atoms with Crippen molar-refractivity contribution in [2.75, 3.05) is 0 Å². The first-order chi connectivity index (χ1) is 18.3. The van der Waals surface area contributed by atoms with Crippen molar-refractivity contribution in [2.24, 2.45) is 0 Å². The highest BCUT2D eigenvalue weighted by Crippen LogP contribution is 2.40. The van der Waals surface area contributed by atoms with Gasteiger partial charge in [-0.2, -0.15) is 0 Å². The second kappa shape index (κ2) is 7.81. The van der Waals surface area contributed by atoms with E-state index in [4.69, 9.17) is 4.42 Å². The summed E-state index contributed by atoms with van der Waals surface area (Å²) in [5.74, 6) is 0. The minimum absolute atomic E-state index is 0.927. The SMILES string of the molecule is c1ccc2c(c1)oc1ccc(-c3ccc(-c4cccc5c6ccccc6c6ccccc6c45)cc3)cc12. The predicted molar refractivity (Wildman–Crippen MR) is 157 cm³/mol. The highest BCUT2D eigenvalue weighted by molar-refractivity contribution is 6.28. The predicted octanol–water partition coefficient (Wildman–Crippen LogP) is 10.4. The average molecular weight is 471 g/mol. The smallest absolute Gasteiger partial charge is 0.135 e. The standard InChI is InChI=1S/C36H22O/c1-2-9-29-27(8-1)28-10-3-4-12-31(28)36-26(13-7-14-32(29)36)24-18-16-23(17-19-24)25-20-21-35-33(22-25)30-11-5-6-15-34(30)37-35/h1-22H. The van der Waals surface area contributed by atoms with Crippen molar-refractivity contribution in [1.29, 1.82) is 0 Å². The summed E-state index contributed by atoms with van der Waals surface area (Å²) in [6.45, 7) is 0. The quantitative estimate of drug-likeness (QED) is 0.229. The van der Waals surface area contributed by atoms with Crippen molar-refractivity contribution in [3.05, 3.63) is 133 Å². The summed E-state index contributed by atoms with van der Waals surface area (Å²) in [6.07, 6.45) is 0. The van der Waals surface area contributed by atoms with Crippen molar-refractivity contribution in [1.82, 2.24) is 0 Å². The van der Waals surface area contributed by atoms with Gasteiger partial charge in [-0.05, 0) is 72.8 Å². The molecule has 8 aromatic rings. The Balaban J connectivity index is 1.31. The third-order valence-corrected chi connectivity index (χ3v) is 7.67. The largest absolute Gasteiger partial charge is 0.456 e. The number of furan rings is 1. The molecule has 8 rings (SSSR count). The number of hydrogen-bond acceptors (Lipinski definition) is 1. The molecule has 7 aromatic carbocycles. The van der Waals surface area contributed by atoms with Gasteiger partial charge in [-0.25, -0.2) is 0 Å². The lowest BCUT2D eigenvalue weighted by Crippen LogP contribution is -1.87. The molecule has 0 saturated carbocycles. The highest BCUT2D eigenvalue weighted by Gasteiger charge is 2.13. The van der Waals surface area contributed by atoms with E-state index in [0.717, 1.165) is 21.9 Å². The molecule has 1 heterocycles. The first kappa shape index (κ1) is 20.3. The summed E-state index contributed by atoms with van der Waals surface area (Å²) in [5.41, 5.74) is 6.75. The molecule has 0 fully saturated rings. The van der Waals surface area contributed by atoms with E-state index >= 15 is 0 Å². The zero-order chi connectivity index (χ0) is 24.3. The van der Waals surface area contributed by atoms with E-state index in [1.165, 1.54) is 54.6 Å². The Morgan fingerprint density at radius 2 is 0.838 bits per heavy atom. The fourth-order valence-electron chi connectivity index (χ4n) is 5.94. The fraction of sp³-hybridized carbons (Fsp3) is 0. The maximum Gasteiger partial charge on any atom is 0.135 e. The number of rotatable bonds is 2.